The van der Waals surface area contributed by atoms with Crippen LogP contribution in [0.3, 0.4) is 0 Å². The van der Waals surface area contributed by atoms with Crippen LogP contribution in [0.1, 0.15) is 25.0 Å². The number of imide groups is 1. The van der Waals surface area contributed by atoms with E-state index in [0.717, 1.165) is 11.1 Å². The number of hydrogen-bond acceptors (Lipinski definition) is 4. The first-order valence-corrected chi connectivity index (χ1v) is 7.89. The van der Waals surface area contributed by atoms with Gasteiger partial charge in [0.2, 0.25) is 5.91 Å². The average molecular weight is 319 g/mol. The molecule has 1 aliphatic heterocycles. The van der Waals surface area contributed by atoms with Gasteiger partial charge < -0.3 is 10.1 Å². The van der Waals surface area contributed by atoms with Gasteiger partial charge in [0.15, 0.2) is 0 Å². The molecular formula is C17H25N3O3. The molecule has 23 heavy (non-hydrogen) atoms. The van der Waals surface area contributed by atoms with Crippen molar-refractivity contribution in [2.24, 2.45) is 0 Å². The van der Waals surface area contributed by atoms with Crippen LogP contribution >= 0.6 is 0 Å². The molecule has 0 radical (unpaired) electrons. The van der Waals surface area contributed by atoms with Crippen LogP contribution in [0.5, 0.6) is 0 Å². The van der Waals surface area contributed by atoms with Crippen molar-refractivity contribution in [3.8, 4) is 0 Å². The molecule has 2 atom stereocenters. The Bertz CT molecular complexity index is 578. The zero-order chi connectivity index (χ0) is 17.0. The number of benzene rings is 1. The minimum Gasteiger partial charge on any atom is -0.373 e. The standard InChI is InChI=1S/C17H25N3O3/c1-11-5-6-15(12(2)7-11)18-17(22)19-16(21)10-20-8-13(3)23-14(4)9-20/h5-7,13-14H,8-10H2,1-4H3,(H2,18,19,21,22). The Labute approximate surface area is 137 Å². The summed E-state index contributed by atoms with van der Waals surface area (Å²) in [5.74, 6) is -0.312. The molecule has 0 aromatic heterocycles. The van der Waals surface area contributed by atoms with Gasteiger partial charge in [-0.25, -0.2) is 4.79 Å². The second-order valence-corrected chi connectivity index (χ2v) is 6.27. The zero-order valence-corrected chi connectivity index (χ0v) is 14.2. The van der Waals surface area contributed by atoms with Crippen LogP contribution in [0, 0.1) is 13.8 Å². The van der Waals surface area contributed by atoms with Crippen LogP contribution in [0.2, 0.25) is 0 Å². The summed E-state index contributed by atoms with van der Waals surface area (Å²) in [6.07, 6.45) is 0.186. The van der Waals surface area contributed by atoms with Gasteiger partial charge >= 0.3 is 6.03 Å². The normalized spacial score (nSPS) is 21.7. The van der Waals surface area contributed by atoms with Crippen molar-refractivity contribution in [3.05, 3.63) is 29.3 Å². The number of ether oxygens (including phenoxy) is 1. The molecule has 2 N–H and O–H groups in total. The van der Waals surface area contributed by atoms with Gasteiger partial charge in [0.25, 0.3) is 0 Å². The lowest BCUT2D eigenvalue weighted by atomic mass is 10.1. The number of nitrogens with one attached hydrogen (secondary N) is 2. The Morgan fingerprint density at radius 1 is 1.22 bits per heavy atom. The molecule has 1 aromatic rings. The number of hydrogen-bond donors (Lipinski definition) is 2. The van der Waals surface area contributed by atoms with E-state index in [-0.39, 0.29) is 24.7 Å². The number of rotatable bonds is 3. The number of anilines is 1. The quantitative estimate of drug-likeness (QED) is 0.895. The van der Waals surface area contributed by atoms with E-state index in [1.165, 1.54) is 0 Å². The maximum atomic E-state index is 12.0. The molecule has 6 nitrogen and oxygen atoms in total. The lowest BCUT2D eigenvalue weighted by molar-refractivity contribution is -0.124. The first-order valence-electron chi connectivity index (χ1n) is 7.89. The molecule has 0 spiro atoms. The van der Waals surface area contributed by atoms with Crippen LogP contribution in [-0.4, -0.2) is 48.7 Å². The molecule has 1 heterocycles. The largest absolute Gasteiger partial charge is 0.373 e. The topological polar surface area (TPSA) is 70.7 Å². The number of nitrogens with zero attached hydrogens (tertiary/aromatic N) is 1. The van der Waals surface area contributed by atoms with Crippen molar-refractivity contribution in [1.29, 1.82) is 0 Å². The molecule has 2 unspecified atom stereocenters. The first-order chi connectivity index (χ1) is 10.8. The summed E-state index contributed by atoms with van der Waals surface area (Å²) < 4.78 is 5.63. The number of carbonyl (C=O) groups excluding carboxylic acids is 2. The molecule has 0 bridgehead atoms. The van der Waals surface area contributed by atoms with Crippen LogP contribution in [0.4, 0.5) is 10.5 Å². The molecule has 1 fully saturated rings. The second-order valence-electron chi connectivity index (χ2n) is 6.27. The lowest BCUT2D eigenvalue weighted by Gasteiger charge is -2.34. The van der Waals surface area contributed by atoms with Crippen molar-refractivity contribution in [1.82, 2.24) is 10.2 Å². The minimum absolute atomic E-state index is 0.0931. The Balaban J connectivity index is 1.83. The number of morpholine rings is 1. The molecule has 3 amide bonds. The van der Waals surface area contributed by atoms with Gasteiger partial charge in [0.1, 0.15) is 0 Å². The number of aryl methyl sites for hydroxylation is 2. The maximum absolute atomic E-state index is 12.0. The summed E-state index contributed by atoms with van der Waals surface area (Å²) in [4.78, 5) is 26.0. The van der Waals surface area contributed by atoms with Crippen molar-refractivity contribution in [2.45, 2.75) is 39.9 Å². The van der Waals surface area contributed by atoms with Crippen LogP contribution < -0.4 is 10.6 Å². The summed E-state index contributed by atoms with van der Waals surface area (Å²) in [6.45, 7) is 9.44. The fourth-order valence-electron chi connectivity index (χ4n) is 2.89. The predicted octanol–water partition coefficient (Wildman–Crippen LogP) is 2.06. The van der Waals surface area contributed by atoms with E-state index in [1.54, 1.807) is 0 Å². The fraction of sp³-hybridized carbons (Fsp3) is 0.529. The average Bonchev–Trinajstić information content (AvgIpc) is 2.40. The van der Waals surface area contributed by atoms with E-state index in [2.05, 4.69) is 10.6 Å². The smallest absolute Gasteiger partial charge is 0.325 e. The summed E-state index contributed by atoms with van der Waals surface area (Å²) in [6, 6.07) is 5.23. The zero-order valence-electron chi connectivity index (χ0n) is 14.2. The predicted molar refractivity (Wildman–Crippen MR) is 89.5 cm³/mol. The van der Waals surface area contributed by atoms with Gasteiger partial charge in [-0.15, -0.1) is 0 Å². The summed E-state index contributed by atoms with van der Waals surface area (Å²) in [7, 11) is 0. The van der Waals surface area contributed by atoms with Crippen molar-refractivity contribution >= 4 is 17.6 Å². The van der Waals surface area contributed by atoms with Crippen LogP contribution in [0.25, 0.3) is 0 Å². The Hall–Kier alpha value is -1.92. The third-order valence-corrected chi connectivity index (χ3v) is 3.75. The van der Waals surface area contributed by atoms with Crippen LogP contribution in [0.15, 0.2) is 18.2 Å². The van der Waals surface area contributed by atoms with Gasteiger partial charge in [-0.05, 0) is 39.3 Å². The third kappa shape index (κ3) is 5.33. The summed E-state index contributed by atoms with van der Waals surface area (Å²) in [5, 5.41) is 5.08. The Kier molecular flexibility index (Phi) is 5.74. The maximum Gasteiger partial charge on any atom is 0.325 e. The van der Waals surface area contributed by atoms with E-state index in [9.17, 15) is 9.59 Å². The fourth-order valence-corrected chi connectivity index (χ4v) is 2.89. The summed E-state index contributed by atoms with van der Waals surface area (Å²) in [5.41, 5.74) is 2.79. The highest BCUT2D eigenvalue weighted by Crippen LogP contribution is 2.15. The van der Waals surface area contributed by atoms with Crippen molar-refractivity contribution in [3.63, 3.8) is 0 Å². The summed E-state index contributed by atoms with van der Waals surface area (Å²) >= 11 is 0. The van der Waals surface area contributed by atoms with Gasteiger partial charge in [-0.2, -0.15) is 0 Å². The van der Waals surface area contributed by atoms with E-state index < -0.39 is 6.03 Å². The molecule has 0 aliphatic carbocycles. The third-order valence-electron chi connectivity index (χ3n) is 3.75. The van der Waals surface area contributed by atoms with Gasteiger partial charge in [-0.1, -0.05) is 17.7 Å². The number of amides is 3. The molecule has 1 aromatic carbocycles. The van der Waals surface area contributed by atoms with Crippen molar-refractivity contribution in [2.75, 3.05) is 25.0 Å². The second kappa shape index (κ2) is 7.57. The molecule has 126 valence electrons. The molecular weight excluding hydrogens is 294 g/mol. The minimum atomic E-state index is -0.503. The van der Waals surface area contributed by atoms with E-state index in [1.807, 2.05) is 50.8 Å². The highest BCUT2D eigenvalue weighted by atomic mass is 16.5. The SMILES string of the molecule is Cc1ccc(NC(=O)NC(=O)CN2CC(C)OC(C)C2)c(C)c1. The van der Waals surface area contributed by atoms with Gasteiger partial charge in [0.05, 0.1) is 18.8 Å². The number of carbonyl (C=O) groups is 2. The van der Waals surface area contributed by atoms with Crippen molar-refractivity contribution < 1.29 is 14.3 Å². The molecule has 1 aliphatic rings. The van der Waals surface area contributed by atoms with E-state index in [4.69, 9.17) is 4.74 Å². The van der Waals surface area contributed by atoms with E-state index >= 15 is 0 Å². The van der Waals surface area contributed by atoms with Gasteiger partial charge in [0, 0.05) is 18.8 Å². The Morgan fingerprint density at radius 2 is 1.87 bits per heavy atom. The molecule has 1 saturated heterocycles. The molecule has 6 heteroatoms. The Morgan fingerprint density at radius 3 is 2.48 bits per heavy atom. The van der Waals surface area contributed by atoms with Crippen LogP contribution in [-0.2, 0) is 9.53 Å². The van der Waals surface area contributed by atoms with E-state index in [0.29, 0.717) is 18.8 Å². The first kappa shape index (κ1) is 17.4. The highest BCUT2D eigenvalue weighted by Gasteiger charge is 2.24. The molecule has 0 saturated carbocycles. The monoisotopic (exact) mass is 319 g/mol. The highest BCUT2D eigenvalue weighted by molar-refractivity contribution is 6.02. The molecule has 2 rings (SSSR count). The van der Waals surface area contributed by atoms with Gasteiger partial charge in [-0.3, -0.25) is 15.0 Å². The lowest BCUT2D eigenvalue weighted by Crippen LogP contribution is -2.50. The number of urea groups is 1.